The van der Waals surface area contributed by atoms with E-state index in [0.717, 1.165) is 50.3 Å². The summed E-state index contributed by atoms with van der Waals surface area (Å²) < 4.78 is 0. The Balaban J connectivity index is 1.55. The molecule has 1 aromatic carbocycles. The molecule has 1 N–H and O–H groups in total. The molecule has 0 bridgehead atoms. The minimum absolute atomic E-state index is 0.156. The Kier molecular flexibility index (Phi) is 4.27. The number of piperidine rings is 1. The lowest BCUT2D eigenvalue weighted by Gasteiger charge is -2.32. The van der Waals surface area contributed by atoms with Crippen molar-refractivity contribution < 1.29 is 4.79 Å². The lowest BCUT2D eigenvalue weighted by Crippen LogP contribution is -2.43. The van der Waals surface area contributed by atoms with Gasteiger partial charge in [0.2, 0.25) is 5.91 Å². The number of nitrogens with one attached hydrogen (secondary N) is 1. The Labute approximate surface area is 125 Å². The normalized spacial score (nSPS) is 23.6. The number of hydrogen-bond acceptors (Lipinski definition) is 2. The highest BCUT2D eigenvalue weighted by atomic mass is 35.5. The number of likely N-dealkylation sites (tertiary alicyclic amines) is 1. The van der Waals surface area contributed by atoms with Crippen LogP contribution in [0.5, 0.6) is 0 Å². The summed E-state index contributed by atoms with van der Waals surface area (Å²) in [6.45, 7) is 2.82. The lowest BCUT2D eigenvalue weighted by atomic mass is 9.96. The Bertz CT molecular complexity index is 487. The highest BCUT2D eigenvalue weighted by molar-refractivity contribution is 6.30. The van der Waals surface area contributed by atoms with Crippen molar-refractivity contribution in [2.45, 2.75) is 38.3 Å². The molecule has 1 amide bonds. The van der Waals surface area contributed by atoms with Gasteiger partial charge in [-0.25, -0.2) is 0 Å². The van der Waals surface area contributed by atoms with Gasteiger partial charge < -0.3 is 5.32 Å². The van der Waals surface area contributed by atoms with E-state index >= 15 is 0 Å². The molecule has 0 aromatic heterocycles. The van der Waals surface area contributed by atoms with Gasteiger partial charge in [-0.3, -0.25) is 9.69 Å². The molecule has 1 saturated heterocycles. The molecule has 1 aliphatic carbocycles. The molecule has 0 radical (unpaired) electrons. The quantitative estimate of drug-likeness (QED) is 0.925. The van der Waals surface area contributed by atoms with Crippen LogP contribution in [0, 0.1) is 5.92 Å². The van der Waals surface area contributed by atoms with Gasteiger partial charge in [-0.1, -0.05) is 23.7 Å². The number of carbonyl (C=O) groups is 1. The van der Waals surface area contributed by atoms with Crippen molar-refractivity contribution in [3.05, 3.63) is 34.9 Å². The van der Waals surface area contributed by atoms with E-state index in [1.165, 1.54) is 5.56 Å². The minimum atomic E-state index is 0.156. The van der Waals surface area contributed by atoms with Gasteiger partial charge >= 0.3 is 0 Å². The van der Waals surface area contributed by atoms with Crippen molar-refractivity contribution in [2.24, 2.45) is 5.92 Å². The largest absolute Gasteiger partial charge is 0.353 e. The van der Waals surface area contributed by atoms with Crippen LogP contribution in [0.2, 0.25) is 5.02 Å². The van der Waals surface area contributed by atoms with E-state index in [1.54, 1.807) is 0 Å². The first-order chi connectivity index (χ1) is 9.70. The molecular formula is C16H21ClN2O. The molecule has 108 valence electrons. The predicted octanol–water partition coefficient (Wildman–Crippen LogP) is 2.83. The van der Waals surface area contributed by atoms with Gasteiger partial charge in [-0.2, -0.15) is 0 Å². The van der Waals surface area contributed by atoms with Gasteiger partial charge in [-0.05, 0) is 49.9 Å². The monoisotopic (exact) mass is 292 g/mol. The van der Waals surface area contributed by atoms with Crippen LogP contribution >= 0.6 is 11.6 Å². The second-order valence-corrected chi connectivity index (χ2v) is 6.42. The molecule has 1 unspecified atom stereocenters. The zero-order chi connectivity index (χ0) is 13.9. The smallest absolute Gasteiger partial charge is 0.224 e. The highest BCUT2D eigenvalue weighted by Crippen LogP contribution is 2.23. The highest BCUT2D eigenvalue weighted by Gasteiger charge is 2.30. The average molecular weight is 293 g/mol. The van der Waals surface area contributed by atoms with Crippen LogP contribution in [-0.4, -0.2) is 29.9 Å². The summed E-state index contributed by atoms with van der Waals surface area (Å²) in [5.74, 6) is 0.409. The fourth-order valence-electron chi connectivity index (χ4n) is 2.85. The Morgan fingerprint density at radius 2 is 2.20 bits per heavy atom. The van der Waals surface area contributed by atoms with Gasteiger partial charge in [0.25, 0.3) is 0 Å². The van der Waals surface area contributed by atoms with E-state index in [1.807, 2.05) is 18.2 Å². The third-order valence-electron chi connectivity index (χ3n) is 4.10. The second kappa shape index (κ2) is 6.15. The number of halogens is 1. The zero-order valence-corrected chi connectivity index (χ0v) is 12.4. The van der Waals surface area contributed by atoms with Crippen molar-refractivity contribution in [3.63, 3.8) is 0 Å². The van der Waals surface area contributed by atoms with Crippen LogP contribution in [0.25, 0.3) is 0 Å². The summed E-state index contributed by atoms with van der Waals surface area (Å²) in [5, 5.41) is 3.91. The maximum atomic E-state index is 12.1. The standard InChI is InChI=1S/C16H21ClN2O/c17-14-5-1-3-12(9-14)10-19-8-2-4-13(11-19)16(20)18-15-6-7-15/h1,3,5,9,13,15H,2,4,6-8,10-11H2,(H,18,20). The molecule has 4 heteroatoms. The van der Waals surface area contributed by atoms with Crippen molar-refractivity contribution in [3.8, 4) is 0 Å². The van der Waals surface area contributed by atoms with Gasteiger partial charge in [0.15, 0.2) is 0 Å². The number of carbonyl (C=O) groups excluding carboxylic acids is 1. The van der Waals surface area contributed by atoms with Crippen LogP contribution in [0.3, 0.4) is 0 Å². The van der Waals surface area contributed by atoms with Crippen LogP contribution < -0.4 is 5.32 Å². The summed E-state index contributed by atoms with van der Waals surface area (Å²) in [6, 6.07) is 8.45. The SMILES string of the molecule is O=C(NC1CC1)C1CCCN(Cc2cccc(Cl)c2)C1. The van der Waals surface area contributed by atoms with E-state index in [4.69, 9.17) is 11.6 Å². The first kappa shape index (κ1) is 13.9. The fraction of sp³-hybridized carbons (Fsp3) is 0.562. The molecule has 3 nitrogen and oxygen atoms in total. The fourth-order valence-corrected chi connectivity index (χ4v) is 3.07. The topological polar surface area (TPSA) is 32.3 Å². The van der Waals surface area contributed by atoms with Crippen LogP contribution in [0.4, 0.5) is 0 Å². The summed E-state index contributed by atoms with van der Waals surface area (Å²) in [6.07, 6.45) is 4.43. The maximum absolute atomic E-state index is 12.1. The molecular weight excluding hydrogens is 272 g/mol. The third-order valence-corrected chi connectivity index (χ3v) is 4.33. The summed E-state index contributed by atoms with van der Waals surface area (Å²) in [5.41, 5.74) is 1.22. The van der Waals surface area contributed by atoms with Crippen molar-refractivity contribution in [1.82, 2.24) is 10.2 Å². The van der Waals surface area contributed by atoms with E-state index in [-0.39, 0.29) is 11.8 Å². The van der Waals surface area contributed by atoms with Crippen molar-refractivity contribution >= 4 is 17.5 Å². The molecule has 3 rings (SSSR count). The first-order valence-corrected chi connectivity index (χ1v) is 7.86. The Morgan fingerprint density at radius 3 is 2.95 bits per heavy atom. The van der Waals surface area contributed by atoms with Gasteiger partial charge in [0.05, 0.1) is 5.92 Å². The molecule has 1 atom stereocenters. The molecule has 20 heavy (non-hydrogen) atoms. The zero-order valence-electron chi connectivity index (χ0n) is 11.6. The molecule has 1 saturated carbocycles. The lowest BCUT2D eigenvalue weighted by molar-refractivity contribution is -0.126. The number of hydrogen-bond donors (Lipinski definition) is 1. The first-order valence-electron chi connectivity index (χ1n) is 7.48. The molecule has 1 aliphatic heterocycles. The average Bonchev–Trinajstić information content (AvgIpc) is 3.23. The summed E-state index contributed by atoms with van der Waals surface area (Å²) in [4.78, 5) is 14.5. The number of nitrogens with zero attached hydrogens (tertiary/aromatic N) is 1. The predicted molar refractivity (Wildman–Crippen MR) is 80.6 cm³/mol. The second-order valence-electron chi connectivity index (χ2n) is 5.99. The molecule has 1 aromatic rings. The van der Waals surface area contributed by atoms with Crippen molar-refractivity contribution in [2.75, 3.05) is 13.1 Å². The van der Waals surface area contributed by atoms with Gasteiger partial charge in [0, 0.05) is 24.2 Å². The number of rotatable bonds is 4. The number of benzene rings is 1. The molecule has 1 heterocycles. The van der Waals surface area contributed by atoms with Gasteiger partial charge in [-0.15, -0.1) is 0 Å². The van der Waals surface area contributed by atoms with Gasteiger partial charge in [0.1, 0.15) is 0 Å². The van der Waals surface area contributed by atoms with E-state index < -0.39 is 0 Å². The van der Waals surface area contributed by atoms with Crippen LogP contribution in [0.1, 0.15) is 31.2 Å². The molecule has 0 spiro atoms. The third kappa shape index (κ3) is 3.74. The van der Waals surface area contributed by atoms with Crippen LogP contribution in [0.15, 0.2) is 24.3 Å². The van der Waals surface area contributed by atoms with E-state index in [9.17, 15) is 4.79 Å². The Morgan fingerprint density at radius 1 is 1.35 bits per heavy atom. The van der Waals surface area contributed by atoms with Crippen molar-refractivity contribution in [1.29, 1.82) is 0 Å². The number of amides is 1. The Hall–Kier alpha value is -1.06. The minimum Gasteiger partial charge on any atom is -0.353 e. The molecule has 2 aliphatic rings. The van der Waals surface area contributed by atoms with E-state index in [0.29, 0.717) is 6.04 Å². The summed E-state index contributed by atoms with van der Waals surface area (Å²) in [7, 11) is 0. The summed E-state index contributed by atoms with van der Waals surface area (Å²) >= 11 is 6.02. The molecule has 2 fully saturated rings. The van der Waals surface area contributed by atoms with E-state index in [2.05, 4.69) is 16.3 Å². The van der Waals surface area contributed by atoms with Crippen LogP contribution in [-0.2, 0) is 11.3 Å². The maximum Gasteiger partial charge on any atom is 0.224 e.